The molecule has 1 aliphatic rings. The van der Waals surface area contributed by atoms with Gasteiger partial charge in [-0.05, 0) is 55.2 Å². The van der Waals surface area contributed by atoms with Gasteiger partial charge in [-0.25, -0.2) is 9.18 Å². The van der Waals surface area contributed by atoms with Crippen molar-refractivity contribution in [2.24, 2.45) is 5.92 Å². The summed E-state index contributed by atoms with van der Waals surface area (Å²) in [6, 6.07) is 11.7. The van der Waals surface area contributed by atoms with E-state index in [4.69, 9.17) is 4.74 Å². The van der Waals surface area contributed by atoms with E-state index in [9.17, 15) is 18.8 Å². The first-order chi connectivity index (χ1) is 14.3. The quantitative estimate of drug-likeness (QED) is 0.740. The minimum absolute atomic E-state index is 0.0207. The first kappa shape index (κ1) is 21.5. The minimum atomic E-state index is -0.932. The smallest absolute Gasteiger partial charge is 0.329 e. The van der Waals surface area contributed by atoms with E-state index in [1.807, 2.05) is 31.2 Å². The Morgan fingerprint density at radius 2 is 1.80 bits per heavy atom. The maximum absolute atomic E-state index is 13.1. The number of carbonyl (C=O) groups is 3. The van der Waals surface area contributed by atoms with Crippen molar-refractivity contribution in [3.05, 3.63) is 65.5 Å². The average Bonchev–Trinajstić information content (AvgIpc) is 3.05. The molecule has 2 aromatic carbocycles. The Bertz CT molecular complexity index is 942. The Balaban J connectivity index is 1.62. The highest BCUT2D eigenvalue weighted by molar-refractivity contribution is 5.99. The summed E-state index contributed by atoms with van der Waals surface area (Å²) in [5, 5.41) is 2.61. The third-order valence-electron chi connectivity index (χ3n) is 5.13. The van der Waals surface area contributed by atoms with Crippen LogP contribution in [-0.2, 0) is 20.7 Å². The zero-order chi connectivity index (χ0) is 21.8. The molecule has 0 unspecified atom stereocenters. The average molecular weight is 412 g/mol. The number of ether oxygens (including phenoxy) is 1. The zero-order valence-electron chi connectivity index (χ0n) is 17.2. The van der Waals surface area contributed by atoms with Crippen LogP contribution >= 0.6 is 0 Å². The highest BCUT2D eigenvalue weighted by atomic mass is 19.1. The highest BCUT2D eigenvalue weighted by Crippen LogP contribution is 2.31. The summed E-state index contributed by atoms with van der Waals surface area (Å²) in [6.07, 6.45) is 0.748. The molecule has 3 rings (SSSR count). The van der Waals surface area contributed by atoms with Gasteiger partial charge in [0.25, 0.3) is 11.8 Å². The molecule has 1 aliphatic heterocycles. The molecule has 0 spiro atoms. The van der Waals surface area contributed by atoms with E-state index in [1.54, 1.807) is 18.7 Å². The van der Waals surface area contributed by atoms with Gasteiger partial charge in [0.05, 0.1) is 0 Å². The Kier molecular flexibility index (Phi) is 6.50. The van der Waals surface area contributed by atoms with Crippen molar-refractivity contribution in [2.75, 3.05) is 11.5 Å². The van der Waals surface area contributed by atoms with Gasteiger partial charge >= 0.3 is 5.97 Å². The predicted octanol–water partition coefficient (Wildman–Crippen LogP) is 3.10. The van der Waals surface area contributed by atoms with Gasteiger partial charge in [-0.1, -0.05) is 32.0 Å². The normalized spacial score (nSPS) is 16.2. The molecule has 0 aromatic heterocycles. The van der Waals surface area contributed by atoms with Crippen molar-refractivity contribution < 1.29 is 23.5 Å². The Labute approximate surface area is 175 Å². The van der Waals surface area contributed by atoms with Gasteiger partial charge in [-0.3, -0.25) is 9.59 Å². The number of hydrogen-bond donors (Lipinski definition) is 1. The van der Waals surface area contributed by atoms with Crippen LogP contribution in [0.2, 0.25) is 0 Å². The second-order valence-corrected chi connectivity index (χ2v) is 7.76. The van der Waals surface area contributed by atoms with E-state index in [-0.39, 0.29) is 23.4 Å². The fourth-order valence-electron chi connectivity index (χ4n) is 3.56. The van der Waals surface area contributed by atoms with E-state index >= 15 is 0 Å². The molecular weight excluding hydrogens is 387 g/mol. The van der Waals surface area contributed by atoms with Gasteiger partial charge in [-0.2, -0.15) is 0 Å². The van der Waals surface area contributed by atoms with Crippen LogP contribution in [0.5, 0.6) is 0 Å². The standard InChI is InChI=1S/C23H25FN2O4/c1-14(2)21(25-22(28)16-8-10-18(24)11-9-16)23(29)30-13-20(27)26-15(3)12-17-6-4-5-7-19(17)26/h4-11,14-15,21H,12-13H2,1-3H3,(H,25,28)/t15-,21-/m1/s1. The molecule has 0 radical (unpaired) electrons. The first-order valence-electron chi connectivity index (χ1n) is 9.91. The number of nitrogens with zero attached hydrogens (tertiary/aromatic N) is 1. The van der Waals surface area contributed by atoms with Crippen LogP contribution < -0.4 is 10.2 Å². The van der Waals surface area contributed by atoms with Crippen molar-refractivity contribution in [1.29, 1.82) is 0 Å². The van der Waals surface area contributed by atoms with Crippen LogP contribution in [0.4, 0.5) is 10.1 Å². The Morgan fingerprint density at radius 1 is 1.13 bits per heavy atom. The Hall–Kier alpha value is -3.22. The molecule has 0 aliphatic carbocycles. The van der Waals surface area contributed by atoms with Crippen molar-refractivity contribution in [3.63, 3.8) is 0 Å². The number of anilines is 1. The Morgan fingerprint density at radius 3 is 2.47 bits per heavy atom. The van der Waals surface area contributed by atoms with Crippen molar-refractivity contribution >= 4 is 23.5 Å². The fourth-order valence-corrected chi connectivity index (χ4v) is 3.56. The van der Waals surface area contributed by atoms with E-state index in [0.29, 0.717) is 0 Å². The second-order valence-electron chi connectivity index (χ2n) is 7.76. The minimum Gasteiger partial charge on any atom is -0.454 e. The van der Waals surface area contributed by atoms with E-state index in [0.717, 1.165) is 17.7 Å². The highest BCUT2D eigenvalue weighted by Gasteiger charge is 2.32. The molecule has 0 saturated carbocycles. The van der Waals surface area contributed by atoms with Gasteiger partial charge in [0, 0.05) is 17.3 Å². The van der Waals surface area contributed by atoms with Crippen LogP contribution in [0.1, 0.15) is 36.7 Å². The number of benzene rings is 2. The number of rotatable bonds is 6. The van der Waals surface area contributed by atoms with Crippen LogP contribution in [0, 0.1) is 11.7 Å². The van der Waals surface area contributed by atoms with E-state index < -0.39 is 30.3 Å². The third kappa shape index (κ3) is 4.67. The van der Waals surface area contributed by atoms with Crippen LogP contribution in [-0.4, -0.2) is 36.5 Å². The molecule has 30 heavy (non-hydrogen) atoms. The number of para-hydroxylation sites is 1. The van der Waals surface area contributed by atoms with Gasteiger partial charge < -0.3 is 15.0 Å². The topological polar surface area (TPSA) is 75.7 Å². The summed E-state index contributed by atoms with van der Waals surface area (Å²) in [5.41, 5.74) is 2.14. The third-order valence-corrected chi connectivity index (χ3v) is 5.13. The molecule has 0 bridgehead atoms. The van der Waals surface area contributed by atoms with Gasteiger partial charge in [-0.15, -0.1) is 0 Å². The molecule has 0 saturated heterocycles. The maximum atomic E-state index is 13.1. The number of amides is 2. The van der Waals surface area contributed by atoms with Gasteiger partial charge in [0.15, 0.2) is 6.61 Å². The van der Waals surface area contributed by atoms with Crippen molar-refractivity contribution in [2.45, 2.75) is 39.3 Å². The molecule has 2 aromatic rings. The number of carbonyl (C=O) groups excluding carboxylic acids is 3. The lowest BCUT2D eigenvalue weighted by molar-refractivity contribution is -0.150. The molecule has 6 nitrogen and oxygen atoms in total. The molecule has 1 N–H and O–H groups in total. The summed E-state index contributed by atoms with van der Waals surface area (Å²) in [6.45, 7) is 5.06. The van der Waals surface area contributed by atoms with E-state index in [1.165, 1.54) is 24.3 Å². The molecule has 2 atom stereocenters. The molecule has 158 valence electrons. The number of nitrogens with one attached hydrogen (secondary N) is 1. The van der Waals surface area contributed by atoms with Crippen molar-refractivity contribution in [3.8, 4) is 0 Å². The summed E-state index contributed by atoms with van der Waals surface area (Å²) in [7, 11) is 0. The molecule has 7 heteroatoms. The lowest BCUT2D eigenvalue weighted by Crippen LogP contribution is -2.46. The fraction of sp³-hybridized carbons (Fsp3) is 0.348. The van der Waals surface area contributed by atoms with Crippen molar-refractivity contribution in [1.82, 2.24) is 5.32 Å². The molecule has 0 fully saturated rings. The molecular formula is C23H25FN2O4. The number of hydrogen-bond acceptors (Lipinski definition) is 4. The predicted molar refractivity (Wildman–Crippen MR) is 111 cm³/mol. The first-order valence-corrected chi connectivity index (χ1v) is 9.91. The monoisotopic (exact) mass is 412 g/mol. The largest absolute Gasteiger partial charge is 0.454 e. The number of fused-ring (bicyclic) bond motifs is 1. The number of halogens is 1. The maximum Gasteiger partial charge on any atom is 0.329 e. The van der Waals surface area contributed by atoms with Crippen LogP contribution in [0.25, 0.3) is 0 Å². The van der Waals surface area contributed by atoms with Crippen LogP contribution in [0.15, 0.2) is 48.5 Å². The van der Waals surface area contributed by atoms with Gasteiger partial charge in [0.2, 0.25) is 0 Å². The molecule has 1 heterocycles. The lowest BCUT2D eigenvalue weighted by atomic mass is 10.0. The number of esters is 1. The summed E-state index contributed by atoms with van der Waals surface area (Å²) in [4.78, 5) is 39.3. The second kappa shape index (κ2) is 9.07. The SMILES string of the molecule is CC(C)[C@@H](NC(=O)c1ccc(F)cc1)C(=O)OCC(=O)N1c2ccccc2C[C@H]1C. The van der Waals surface area contributed by atoms with E-state index in [2.05, 4.69) is 5.32 Å². The summed E-state index contributed by atoms with van der Waals surface area (Å²) < 4.78 is 18.3. The summed E-state index contributed by atoms with van der Waals surface area (Å²) >= 11 is 0. The van der Waals surface area contributed by atoms with Crippen LogP contribution in [0.3, 0.4) is 0 Å². The zero-order valence-corrected chi connectivity index (χ0v) is 17.2. The molecule has 2 amide bonds. The summed E-state index contributed by atoms with van der Waals surface area (Å²) in [5.74, 6) is -2.23. The lowest BCUT2D eigenvalue weighted by Gasteiger charge is -2.24. The van der Waals surface area contributed by atoms with Gasteiger partial charge in [0.1, 0.15) is 11.9 Å².